The molecule has 0 saturated carbocycles. The van der Waals surface area contributed by atoms with E-state index in [1.807, 2.05) is 0 Å². The molecule has 8 heteroatoms. The number of nitrogens with one attached hydrogen (secondary N) is 2. The number of carbonyl (C=O) groups excluding carboxylic acids is 1. The zero-order chi connectivity index (χ0) is 14.7. The average Bonchev–Trinajstić information content (AvgIpc) is 2.88. The summed E-state index contributed by atoms with van der Waals surface area (Å²) in [5.74, 6) is -3.05. The lowest BCUT2D eigenvalue weighted by Crippen LogP contribution is -2.44. The lowest BCUT2D eigenvalue weighted by molar-refractivity contribution is 0.0774. The molecule has 0 aromatic heterocycles. The van der Waals surface area contributed by atoms with E-state index in [1.165, 1.54) is 20.3 Å². The minimum atomic E-state index is -1.22. The molecule has 1 heterocycles. The number of ether oxygens (including phenoxy) is 2. The van der Waals surface area contributed by atoms with Crippen LogP contribution in [0.2, 0.25) is 0 Å². The van der Waals surface area contributed by atoms with Gasteiger partial charge in [0.05, 0.1) is 19.3 Å². The molecule has 0 radical (unpaired) electrons. The fourth-order valence-corrected chi connectivity index (χ4v) is 2.20. The number of rotatable bonds is 4. The van der Waals surface area contributed by atoms with E-state index in [0.717, 1.165) is 6.07 Å². The number of benzene rings is 1. The number of halogens is 3. The highest BCUT2D eigenvalue weighted by Crippen LogP contribution is 2.23. The van der Waals surface area contributed by atoms with Crippen molar-refractivity contribution in [2.24, 2.45) is 0 Å². The summed E-state index contributed by atoms with van der Waals surface area (Å²) >= 11 is 0. The van der Waals surface area contributed by atoms with Crippen molar-refractivity contribution in [3.8, 4) is 5.75 Å². The van der Waals surface area contributed by atoms with Crippen LogP contribution in [0, 0.1) is 11.6 Å². The molecular weight excluding hydrogens is 306 g/mol. The van der Waals surface area contributed by atoms with Gasteiger partial charge in [-0.05, 0) is 12.1 Å². The van der Waals surface area contributed by atoms with Gasteiger partial charge in [-0.2, -0.15) is 0 Å². The summed E-state index contributed by atoms with van der Waals surface area (Å²) in [6.07, 6.45) is -0.207. The first-order chi connectivity index (χ1) is 9.58. The third-order valence-corrected chi connectivity index (χ3v) is 3.28. The Morgan fingerprint density at radius 3 is 2.67 bits per heavy atom. The smallest absolute Gasteiger partial charge is 0.258 e. The standard InChI is InChI=1S/C13H16F2N2O3.ClH/c1-19-9-4-3-7(14)12(15)11(9)13(18)17-8-5-16-6-10(8)20-2;/h3-4,8,10,16H,5-6H2,1-2H3,(H,17,18);1H/t8-,10-;/m0./s1. The lowest BCUT2D eigenvalue weighted by Gasteiger charge is -2.19. The Morgan fingerprint density at radius 2 is 2.05 bits per heavy atom. The van der Waals surface area contributed by atoms with E-state index in [2.05, 4.69) is 10.6 Å². The molecule has 21 heavy (non-hydrogen) atoms. The Hall–Kier alpha value is -1.44. The van der Waals surface area contributed by atoms with Crippen molar-refractivity contribution in [3.63, 3.8) is 0 Å². The predicted octanol–water partition coefficient (Wildman–Crippen LogP) is 1.11. The van der Waals surface area contributed by atoms with Crippen LogP contribution in [0.4, 0.5) is 8.78 Å². The number of hydrogen-bond acceptors (Lipinski definition) is 4. The number of methoxy groups -OCH3 is 2. The molecule has 1 aliphatic rings. The molecule has 1 aromatic rings. The lowest BCUT2D eigenvalue weighted by atomic mass is 10.1. The van der Waals surface area contributed by atoms with Gasteiger partial charge in [0.25, 0.3) is 5.91 Å². The summed E-state index contributed by atoms with van der Waals surface area (Å²) in [6, 6.07) is 1.83. The molecular formula is C13H17ClF2N2O3. The van der Waals surface area contributed by atoms with Crippen LogP contribution >= 0.6 is 12.4 Å². The maximum absolute atomic E-state index is 13.8. The van der Waals surface area contributed by atoms with Crippen LogP contribution in [0.5, 0.6) is 5.75 Å². The van der Waals surface area contributed by atoms with Gasteiger partial charge in [0.2, 0.25) is 0 Å². The van der Waals surface area contributed by atoms with Crippen LogP contribution in [0.1, 0.15) is 10.4 Å². The van der Waals surface area contributed by atoms with Crippen molar-refractivity contribution in [1.29, 1.82) is 0 Å². The van der Waals surface area contributed by atoms with Crippen LogP contribution in [0.25, 0.3) is 0 Å². The fourth-order valence-electron chi connectivity index (χ4n) is 2.20. The number of hydrogen-bond donors (Lipinski definition) is 2. The van der Waals surface area contributed by atoms with E-state index in [1.54, 1.807) is 0 Å². The summed E-state index contributed by atoms with van der Waals surface area (Å²) in [7, 11) is 2.82. The van der Waals surface area contributed by atoms with E-state index in [0.29, 0.717) is 13.1 Å². The second kappa shape index (κ2) is 7.53. The van der Waals surface area contributed by atoms with E-state index >= 15 is 0 Å². The molecule has 2 rings (SSSR count). The monoisotopic (exact) mass is 322 g/mol. The Balaban J connectivity index is 0.00000220. The van der Waals surface area contributed by atoms with Gasteiger partial charge < -0.3 is 20.1 Å². The van der Waals surface area contributed by atoms with E-state index in [4.69, 9.17) is 9.47 Å². The quantitative estimate of drug-likeness (QED) is 0.872. The maximum atomic E-state index is 13.8. The van der Waals surface area contributed by atoms with E-state index in [-0.39, 0.29) is 30.3 Å². The molecule has 2 N–H and O–H groups in total. The van der Waals surface area contributed by atoms with Gasteiger partial charge in [0.15, 0.2) is 11.6 Å². The zero-order valence-electron chi connectivity index (χ0n) is 11.6. The largest absolute Gasteiger partial charge is 0.496 e. The van der Waals surface area contributed by atoms with Gasteiger partial charge in [-0.3, -0.25) is 4.79 Å². The van der Waals surface area contributed by atoms with Crippen LogP contribution in [-0.2, 0) is 4.74 Å². The first-order valence-corrected chi connectivity index (χ1v) is 6.14. The Labute approximate surface area is 127 Å². The Bertz CT molecular complexity index is 516. The summed E-state index contributed by atoms with van der Waals surface area (Å²) < 4.78 is 37.2. The van der Waals surface area contributed by atoms with Gasteiger partial charge >= 0.3 is 0 Å². The minimum absolute atomic E-state index is 0. The van der Waals surface area contributed by atoms with Crippen molar-refractivity contribution >= 4 is 18.3 Å². The predicted molar refractivity (Wildman–Crippen MR) is 75.1 cm³/mol. The number of carbonyl (C=O) groups is 1. The molecule has 118 valence electrons. The highest BCUT2D eigenvalue weighted by molar-refractivity contribution is 5.97. The molecule has 0 unspecified atom stereocenters. The summed E-state index contributed by atoms with van der Waals surface area (Å²) in [5, 5.41) is 5.67. The minimum Gasteiger partial charge on any atom is -0.496 e. The highest BCUT2D eigenvalue weighted by Gasteiger charge is 2.30. The summed E-state index contributed by atoms with van der Waals surface area (Å²) in [6.45, 7) is 1.09. The normalized spacial score (nSPS) is 20.8. The molecule has 1 aliphatic heterocycles. The first-order valence-electron chi connectivity index (χ1n) is 6.14. The van der Waals surface area contributed by atoms with Gasteiger partial charge in [0, 0.05) is 20.2 Å². The van der Waals surface area contributed by atoms with Crippen molar-refractivity contribution < 1.29 is 23.0 Å². The Kier molecular flexibility index (Phi) is 6.32. The molecule has 5 nitrogen and oxygen atoms in total. The topological polar surface area (TPSA) is 59.6 Å². The van der Waals surface area contributed by atoms with E-state index < -0.39 is 23.1 Å². The van der Waals surface area contributed by atoms with Crippen LogP contribution in [0.3, 0.4) is 0 Å². The van der Waals surface area contributed by atoms with Crippen LogP contribution in [0.15, 0.2) is 12.1 Å². The molecule has 1 fully saturated rings. The molecule has 0 bridgehead atoms. The molecule has 0 aliphatic carbocycles. The van der Waals surface area contributed by atoms with Crippen LogP contribution < -0.4 is 15.4 Å². The average molecular weight is 323 g/mol. The van der Waals surface area contributed by atoms with Gasteiger partial charge in [0.1, 0.15) is 11.3 Å². The Morgan fingerprint density at radius 1 is 1.33 bits per heavy atom. The molecule has 1 aromatic carbocycles. The van der Waals surface area contributed by atoms with Gasteiger partial charge in [-0.25, -0.2) is 8.78 Å². The molecule has 2 atom stereocenters. The van der Waals surface area contributed by atoms with Crippen molar-refractivity contribution in [2.75, 3.05) is 27.3 Å². The molecule has 1 saturated heterocycles. The van der Waals surface area contributed by atoms with Crippen molar-refractivity contribution in [2.45, 2.75) is 12.1 Å². The first kappa shape index (κ1) is 17.6. The highest BCUT2D eigenvalue weighted by atomic mass is 35.5. The SMILES string of the molecule is COc1ccc(F)c(F)c1C(=O)N[C@H]1CNC[C@@H]1OC.Cl. The van der Waals surface area contributed by atoms with E-state index in [9.17, 15) is 13.6 Å². The van der Waals surface area contributed by atoms with Gasteiger partial charge in [-0.1, -0.05) is 0 Å². The molecule has 1 amide bonds. The summed E-state index contributed by atoms with van der Waals surface area (Å²) in [4.78, 5) is 12.1. The third kappa shape index (κ3) is 3.61. The fraction of sp³-hybridized carbons (Fsp3) is 0.462. The van der Waals surface area contributed by atoms with Crippen molar-refractivity contribution in [1.82, 2.24) is 10.6 Å². The zero-order valence-corrected chi connectivity index (χ0v) is 12.4. The number of amides is 1. The third-order valence-electron chi connectivity index (χ3n) is 3.28. The maximum Gasteiger partial charge on any atom is 0.258 e. The van der Waals surface area contributed by atoms with Gasteiger partial charge in [-0.15, -0.1) is 12.4 Å². The van der Waals surface area contributed by atoms with Crippen molar-refractivity contribution in [3.05, 3.63) is 29.3 Å². The molecule has 0 spiro atoms. The second-order valence-corrected chi connectivity index (χ2v) is 4.45. The second-order valence-electron chi connectivity index (χ2n) is 4.45. The van der Waals surface area contributed by atoms with Crippen LogP contribution in [-0.4, -0.2) is 45.4 Å². The summed E-state index contributed by atoms with van der Waals surface area (Å²) in [5.41, 5.74) is -0.436.